The van der Waals surface area contributed by atoms with Crippen molar-refractivity contribution in [3.63, 3.8) is 0 Å². The highest BCUT2D eigenvalue weighted by Crippen LogP contribution is 2.41. The highest BCUT2D eigenvalue weighted by atomic mass is 35.5. The van der Waals surface area contributed by atoms with Crippen molar-refractivity contribution in [2.24, 2.45) is 0 Å². The molecular formula is C24H26Cl2N4O3S. The maximum Gasteiger partial charge on any atom is 0.256 e. The lowest BCUT2D eigenvalue weighted by Crippen LogP contribution is -2.41. The van der Waals surface area contributed by atoms with Crippen LogP contribution in [-0.4, -0.2) is 53.1 Å². The van der Waals surface area contributed by atoms with E-state index in [4.69, 9.17) is 27.9 Å². The van der Waals surface area contributed by atoms with E-state index >= 15 is 0 Å². The van der Waals surface area contributed by atoms with Crippen LogP contribution in [0.15, 0.2) is 16.4 Å². The average molecular weight is 521 g/mol. The fraction of sp³-hybridized carbons (Fsp3) is 0.458. The summed E-state index contributed by atoms with van der Waals surface area (Å²) in [5.41, 5.74) is 5.44. The standard InChI is InChI=1S/C24H26Cl2N4O3S/c1-3-30(14-5-8-33-9-6-14)18-10-17(25)15-4-7-29(24(32)19(15)20(18)26)11-16-21-22(34-12-27-21)13(2)28-23(16)31/h10,12,14H,3-9,11H2,1-2H3,(H,28,31). The van der Waals surface area contributed by atoms with Crippen molar-refractivity contribution < 1.29 is 9.53 Å². The first-order valence-electron chi connectivity index (χ1n) is 11.5. The molecule has 1 amide bonds. The molecule has 2 aliphatic rings. The fourth-order valence-electron chi connectivity index (χ4n) is 5.08. The third-order valence-electron chi connectivity index (χ3n) is 6.83. The lowest BCUT2D eigenvalue weighted by molar-refractivity contribution is 0.0727. The molecule has 3 aromatic rings. The number of halogens is 2. The molecule has 0 bridgehead atoms. The number of thiazole rings is 1. The Morgan fingerprint density at radius 1 is 1.29 bits per heavy atom. The number of hydrogen-bond acceptors (Lipinski definition) is 6. The molecule has 1 N–H and O–H groups in total. The van der Waals surface area contributed by atoms with Crippen LogP contribution >= 0.6 is 34.5 Å². The number of nitrogens with zero attached hydrogens (tertiary/aromatic N) is 3. The maximum absolute atomic E-state index is 13.7. The van der Waals surface area contributed by atoms with Gasteiger partial charge in [-0.1, -0.05) is 23.2 Å². The van der Waals surface area contributed by atoms with E-state index in [-0.39, 0.29) is 24.1 Å². The Labute approximate surface area is 211 Å². The summed E-state index contributed by atoms with van der Waals surface area (Å²) in [4.78, 5) is 37.7. The van der Waals surface area contributed by atoms with Gasteiger partial charge in [-0.15, -0.1) is 11.3 Å². The molecule has 0 unspecified atom stereocenters. The van der Waals surface area contributed by atoms with E-state index in [2.05, 4.69) is 21.8 Å². The smallest absolute Gasteiger partial charge is 0.256 e. The first-order chi connectivity index (χ1) is 16.4. The molecule has 0 aliphatic carbocycles. The van der Waals surface area contributed by atoms with E-state index in [1.54, 1.807) is 10.4 Å². The summed E-state index contributed by atoms with van der Waals surface area (Å²) in [5.74, 6) is -0.207. The van der Waals surface area contributed by atoms with Crippen LogP contribution in [0.5, 0.6) is 0 Å². The number of benzene rings is 1. The number of ether oxygens (including phenoxy) is 1. The van der Waals surface area contributed by atoms with Gasteiger partial charge in [-0.3, -0.25) is 9.59 Å². The van der Waals surface area contributed by atoms with Crippen molar-refractivity contribution >= 4 is 56.3 Å². The van der Waals surface area contributed by atoms with Crippen LogP contribution < -0.4 is 10.5 Å². The summed E-state index contributed by atoms with van der Waals surface area (Å²) in [5, 5.41) is 0.988. The molecule has 180 valence electrons. The predicted molar refractivity (Wildman–Crippen MR) is 137 cm³/mol. The molecule has 1 fully saturated rings. The SMILES string of the molecule is CCN(c1cc(Cl)c2c(c1Cl)C(=O)N(Cc1c(=O)[nH]c(C)c3scnc13)CC2)C1CCOCC1. The maximum atomic E-state index is 13.7. The number of carbonyl (C=O) groups excluding carboxylic acids is 1. The van der Waals surface area contributed by atoms with Gasteiger partial charge in [0.2, 0.25) is 0 Å². The molecule has 1 saturated heterocycles. The molecule has 5 rings (SSSR count). The minimum absolute atomic E-state index is 0.170. The number of amides is 1. The molecule has 1 aromatic carbocycles. The van der Waals surface area contributed by atoms with Gasteiger partial charge in [0.15, 0.2) is 0 Å². The number of H-pyrrole nitrogens is 1. The first kappa shape index (κ1) is 23.6. The topological polar surface area (TPSA) is 78.5 Å². The predicted octanol–water partition coefficient (Wildman–Crippen LogP) is 4.80. The van der Waals surface area contributed by atoms with Crippen molar-refractivity contribution in [3.05, 3.63) is 54.4 Å². The van der Waals surface area contributed by atoms with E-state index in [0.717, 1.165) is 41.0 Å². The van der Waals surface area contributed by atoms with E-state index < -0.39 is 0 Å². The lowest BCUT2D eigenvalue weighted by atomic mass is 9.96. The molecule has 0 spiro atoms. The van der Waals surface area contributed by atoms with Gasteiger partial charge in [-0.05, 0) is 44.7 Å². The molecule has 4 heterocycles. The van der Waals surface area contributed by atoms with Crippen molar-refractivity contribution in [2.75, 3.05) is 31.2 Å². The number of hydrogen-bond donors (Lipinski definition) is 1. The summed E-state index contributed by atoms with van der Waals surface area (Å²) >= 11 is 15.1. The van der Waals surface area contributed by atoms with Crippen LogP contribution in [0, 0.1) is 6.92 Å². The first-order valence-corrected chi connectivity index (χ1v) is 13.1. The van der Waals surface area contributed by atoms with Gasteiger partial charge in [-0.25, -0.2) is 4.98 Å². The Hall–Kier alpha value is -2.13. The number of pyridine rings is 1. The van der Waals surface area contributed by atoms with E-state index in [9.17, 15) is 9.59 Å². The van der Waals surface area contributed by atoms with E-state index in [1.165, 1.54) is 11.3 Å². The third-order valence-corrected chi connectivity index (χ3v) is 8.50. The second-order valence-corrected chi connectivity index (χ2v) is 10.4. The normalized spacial score (nSPS) is 16.8. The van der Waals surface area contributed by atoms with Crippen LogP contribution in [0.3, 0.4) is 0 Å². The lowest BCUT2D eigenvalue weighted by Gasteiger charge is -2.37. The molecule has 10 heteroatoms. The number of fused-ring (bicyclic) bond motifs is 2. The number of anilines is 1. The monoisotopic (exact) mass is 520 g/mol. The van der Waals surface area contributed by atoms with Crippen LogP contribution in [0.4, 0.5) is 5.69 Å². The Morgan fingerprint density at radius 2 is 2.06 bits per heavy atom. The molecule has 34 heavy (non-hydrogen) atoms. The van der Waals surface area contributed by atoms with Gasteiger partial charge in [0.25, 0.3) is 11.5 Å². The number of nitrogens with one attached hydrogen (secondary N) is 1. The largest absolute Gasteiger partial charge is 0.381 e. The minimum atomic E-state index is -0.218. The molecular weight excluding hydrogens is 495 g/mol. The van der Waals surface area contributed by atoms with Gasteiger partial charge in [0, 0.05) is 43.1 Å². The molecule has 0 radical (unpaired) electrons. The van der Waals surface area contributed by atoms with Gasteiger partial charge in [-0.2, -0.15) is 0 Å². The molecule has 7 nitrogen and oxygen atoms in total. The zero-order valence-corrected chi connectivity index (χ0v) is 21.4. The number of rotatable bonds is 5. The number of aromatic nitrogens is 2. The Kier molecular flexibility index (Phi) is 6.59. The van der Waals surface area contributed by atoms with Crippen LogP contribution in [0.25, 0.3) is 10.2 Å². The Morgan fingerprint density at radius 3 is 2.79 bits per heavy atom. The van der Waals surface area contributed by atoms with Gasteiger partial charge >= 0.3 is 0 Å². The zero-order chi connectivity index (χ0) is 24.0. The van der Waals surface area contributed by atoms with Crippen molar-refractivity contribution in [2.45, 2.75) is 45.7 Å². The average Bonchev–Trinajstić information content (AvgIpc) is 3.32. The Balaban J connectivity index is 1.52. The summed E-state index contributed by atoms with van der Waals surface area (Å²) in [7, 11) is 0. The van der Waals surface area contributed by atoms with Crippen molar-refractivity contribution in [1.29, 1.82) is 0 Å². The summed E-state index contributed by atoms with van der Waals surface area (Å²) in [6.07, 6.45) is 2.38. The van der Waals surface area contributed by atoms with Gasteiger partial charge in [0.1, 0.15) is 0 Å². The minimum Gasteiger partial charge on any atom is -0.381 e. The van der Waals surface area contributed by atoms with E-state index in [1.807, 2.05) is 13.0 Å². The van der Waals surface area contributed by atoms with Gasteiger partial charge in [0.05, 0.1) is 44.1 Å². The van der Waals surface area contributed by atoms with Crippen molar-refractivity contribution in [3.8, 4) is 0 Å². The van der Waals surface area contributed by atoms with Gasteiger partial charge < -0.3 is 19.5 Å². The number of carbonyl (C=O) groups is 1. The number of aromatic amines is 1. The molecule has 0 saturated carbocycles. The fourth-order valence-corrected chi connectivity index (χ4v) is 6.51. The molecule has 2 aliphatic heterocycles. The Bertz CT molecular complexity index is 1320. The summed E-state index contributed by atoms with van der Waals surface area (Å²) in [6.45, 7) is 6.73. The van der Waals surface area contributed by atoms with Crippen LogP contribution in [0.1, 0.15) is 46.9 Å². The second kappa shape index (κ2) is 9.49. The zero-order valence-electron chi connectivity index (χ0n) is 19.1. The quantitative estimate of drug-likeness (QED) is 0.522. The van der Waals surface area contributed by atoms with Crippen LogP contribution in [0.2, 0.25) is 10.0 Å². The van der Waals surface area contributed by atoms with E-state index in [0.29, 0.717) is 52.9 Å². The van der Waals surface area contributed by atoms with Crippen LogP contribution in [-0.2, 0) is 17.7 Å². The third kappa shape index (κ3) is 4.00. The summed E-state index contributed by atoms with van der Waals surface area (Å²) in [6, 6.07) is 2.18. The molecule has 2 aromatic heterocycles. The highest BCUT2D eigenvalue weighted by molar-refractivity contribution is 7.16. The highest BCUT2D eigenvalue weighted by Gasteiger charge is 2.33. The second-order valence-electron chi connectivity index (χ2n) is 8.74. The summed E-state index contributed by atoms with van der Waals surface area (Å²) < 4.78 is 6.45. The molecule has 0 atom stereocenters. The number of aryl methyl sites for hydroxylation is 1. The van der Waals surface area contributed by atoms with Crippen molar-refractivity contribution in [1.82, 2.24) is 14.9 Å².